The van der Waals surface area contributed by atoms with Gasteiger partial charge in [-0.15, -0.1) is 0 Å². The van der Waals surface area contributed by atoms with Crippen LogP contribution in [-0.4, -0.2) is 51.1 Å². The molecule has 1 aliphatic heterocycles. The molecule has 26 heavy (non-hydrogen) atoms. The number of anilines is 1. The third-order valence-corrected chi connectivity index (χ3v) is 5.66. The van der Waals surface area contributed by atoms with Gasteiger partial charge in [0.2, 0.25) is 0 Å². The lowest BCUT2D eigenvalue weighted by Gasteiger charge is -2.26. The first-order valence-electron chi connectivity index (χ1n) is 8.14. The largest absolute Gasteiger partial charge is 0.497 e. The average molecular weight is 379 g/mol. The van der Waals surface area contributed by atoms with Crippen LogP contribution in [0.4, 0.5) is 5.69 Å². The van der Waals surface area contributed by atoms with E-state index in [9.17, 15) is 13.2 Å². The normalized spacial score (nSPS) is 14.1. The van der Waals surface area contributed by atoms with Gasteiger partial charge in [-0.2, -0.15) is 0 Å². The summed E-state index contributed by atoms with van der Waals surface area (Å²) in [6.45, 7) is 3.61. The highest BCUT2D eigenvalue weighted by molar-refractivity contribution is 7.92. The molecule has 8 nitrogen and oxygen atoms in total. The quantitative estimate of drug-likeness (QED) is 0.826. The fraction of sp³-hybridized carbons (Fsp3) is 0.353. The Morgan fingerprint density at radius 3 is 2.58 bits per heavy atom. The van der Waals surface area contributed by atoms with Crippen molar-refractivity contribution in [3.63, 3.8) is 0 Å². The second kappa shape index (κ2) is 6.91. The van der Waals surface area contributed by atoms with Crippen LogP contribution in [0.3, 0.4) is 0 Å². The van der Waals surface area contributed by atoms with Crippen molar-refractivity contribution < 1.29 is 22.7 Å². The number of ether oxygens (including phenoxy) is 2. The first-order chi connectivity index (χ1) is 12.4. The molecule has 1 amide bonds. The van der Waals surface area contributed by atoms with Crippen LogP contribution < -0.4 is 14.2 Å². The van der Waals surface area contributed by atoms with E-state index in [1.54, 1.807) is 21.6 Å². The maximum absolute atomic E-state index is 12.8. The Morgan fingerprint density at radius 2 is 1.92 bits per heavy atom. The summed E-state index contributed by atoms with van der Waals surface area (Å²) in [5, 5.41) is 0. The molecule has 9 heteroatoms. The molecule has 1 aromatic carbocycles. The maximum atomic E-state index is 12.8. The van der Waals surface area contributed by atoms with Gasteiger partial charge in [-0.1, -0.05) is 0 Å². The van der Waals surface area contributed by atoms with E-state index in [0.29, 0.717) is 36.8 Å². The third-order valence-electron chi connectivity index (χ3n) is 4.33. The lowest BCUT2D eigenvalue weighted by atomic mass is 10.3. The Morgan fingerprint density at radius 1 is 1.15 bits per heavy atom. The molecule has 0 fully saturated rings. The number of benzene rings is 1. The van der Waals surface area contributed by atoms with E-state index >= 15 is 0 Å². The van der Waals surface area contributed by atoms with E-state index in [-0.39, 0.29) is 16.5 Å². The maximum Gasteiger partial charge on any atom is 0.270 e. The summed E-state index contributed by atoms with van der Waals surface area (Å²) in [6, 6.07) is 6.23. The summed E-state index contributed by atoms with van der Waals surface area (Å²) in [4.78, 5) is 14.1. The van der Waals surface area contributed by atoms with Gasteiger partial charge in [-0.05, 0) is 25.1 Å². The van der Waals surface area contributed by atoms with Crippen molar-refractivity contribution in [2.24, 2.45) is 0 Å². The summed E-state index contributed by atoms with van der Waals surface area (Å²) in [5.41, 5.74) is 0.633. The second-order valence-electron chi connectivity index (χ2n) is 5.81. The minimum absolute atomic E-state index is 0.0312. The number of likely N-dealkylation sites (N-methyl/N-ethyl adjacent to an activating group) is 1. The van der Waals surface area contributed by atoms with Crippen LogP contribution in [-0.2, 0) is 16.6 Å². The molecule has 0 bridgehead atoms. The molecule has 0 saturated carbocycles. The fourth-order valence-corrected chi connectivity index (χ4v) is 3.99. The molecule has 0 aliphatic carbocycles. The Balaban J connectivity index is 1.94. The van der Waals surface area contributed by atoms with Crippen LogP contribution in [0.15, 0.2) is 35.4 Å². The number of hydrogen-bond donors (Lipinski definition) is 1. The molecule has 1 aromatic heterocycles. The minimum Gasteiger partial charge on any atom is -0.497 e. The smallest absolute Gasteiger partial charge is 0.270 e. The zero-order valence-corrected chi connectivity index (χ0v) is 15.7. The van der Waals surface area contributed by atoms with Gasteiger partial charge in [0.1, 0.15) is 22.1 Å². The summed E-state index contributed by atoms with van der Waals surface area (Å²) >= 11 is 0. The number of fused-ring (bicyclic) bond motifs is 1. The monoisotopic (exact) mass is 379 g/mol. The number of methoxy groups -OCH3 is 2. The highest BCUT2D eigenvalue weighted by Gasteiger charge is 2.28. The number of carbonyl (C=O) groups is 1. The van der Waals surface area contributed by atoms with Gasteiger partial charge < -0.3 is 18.9 Å². The van der Waals surface area contributed by atoms with Gasteiger partial charge in [-0.25, -0.2) is 8.42 Å². The molecule has 140 valence electrons. The predicted molar refractivity (Wildman–Crippen MR) is 96.4 cm³/mol. The van der Waals surface area contributed by atoms with E-state index in [0.717, 1.165) is 0 Å². The Kier molecular flexibility index (Phi) is 4.82. The van der Waals surface area contributed by atoms with Crippen molar-refractivity contribution in [2.75, 3.05) is 32.0 Å². The van der Waals surface area contributed by atoms with Gasteiger partial charge in [0.05, 0.1) is 19.9 Å². The molecule has 2 heterocycles. The minimum atomic E-state index is -3.89. The first-order valence-corrected chi connectivity index (χ1v) is 9.62. The molecular formula is C17H21N3O5S. The molecule has 0 spiro atoms. The standard InChI is InChI=1S/C17H21N3O5S/c1-4-19-7-8-20-11-13(10-15(20)17(19)21)26(22,23)18-14-9-12(24-2)5-6-16(14)25-3/h5-6,9-11,18H,4,7-8H2,1-3H3. The van der Waals surface area contributed by atoms with Crippen molar-refractivity contribution >= 4 is 21.6 Å². The number of sulfonamides is 1. The number of carbonyl (C=O) groups excluding carboxylic acids is 1. The van der Waals surface area contributed by atoms with Crippen LogP contribution in [0.5, 0.6) is 11.5 Å². The number of aromatic nitrogens is 1. The van der Waals surface area contributed by atoms with Crippen LogP contribution in [0.25, 0.3) is 0 Å². The van der Waals surface area contributed by atoms with Gasteiger partial charge in [0.15, 0.2) is 0 Å². The van der Waals surface area contributed by atoms with E-state index in [2.05, 4.69) is 4.72 Å². The van der Waals surface area contributed by atoms with Crippen molar-refractivity contribution in [2.45, 2.75) is 18.4 Å². The van der Waals surface area contributed by atoms with E-state index < -0.39 is 10.0 Å². The highest BCUT2D eigenvalue weighted by Crippen LogP contribution is 2.31. The summed E-state index contributed by atoms with van der Waals surface area (Å²) in [6.07, 6.45) is 1.48. The van der Waals surface area contributed by atoms with E-state index in [4.69, 9.17) is 9.47 Å². The number of nitrogens with one attached hydrogen (secondary N) is 1. The van der Waals surface area contributed by atoms with Crippen molar-refractivity contribution in [1.82, 2.24) is 9.47 Å². The number of hydrogen-bond acceptors (Lipinski definition) is 5. The third kappa shape index (κ3) is 3.22. The van der Waals surface area contributed by atoms with Gasteiger partial charge in [-0.3, -0.25) is 9.52 Å². The molecular weight excluding hydrogens is 358 g/mol. The summed E-state index contributed by atoms with van der Waals surface area (Å²) in [7, 11) is -0.944. The van der Waals surface area contributed by atoms with Crippen molar-refractivity contribution in [1.29, 1.82) is 0 Å². The van der Waals surface area contributed by atoms with Crippen LogP contribution in [0, 0.1) is 0 Å². The molecule has 1 N–H and O–H groups in total. The Labute approximate surface area is 152 Å². The fourth-order valence-electron chi connectivity index (χ4n) is 2.89. The van der Waals surface area contributed by atoms with E-state index in [1.807, 2.05) is 6.92 Å². The molecule has 3 rings (SSSR count). The van der Waals surface area contributed by atoms with Crippen LogP contribution in [0.2, 0.25) is 0 Å². The first kappa shape index (κ1) is 18.1. The zero-order chi connectivity index (χ0) is 18.9. The van der Waals surface area contributed by atoms with Crippen LogP contribution >= 0.6 is 0 Å². The Bertz CT molecular complexity index is 936. The molecule has 1 aliphatic rings. The van der Waals surface area contributed by atoms with Gasteiger partial charge >= 0.3 is 0 Å². The zero-order valence-electron chi connectivity index (χ0n) is 14.9. The summed E-state index contributed by atoms with van der Waals surface area (Å²) in [5.74, 6) is 0.694. The van der Waals surface area contributed by atoms with Crippen LogP contribution in [0.1, 0.15) is 17.4 Å². The SMILES string of the molecule is CCN1CCn2cc(S(=O)(=O)Nc3cc(OC)ccc3OC)cc2C1=O. The van der Waals surface area contributed by atoms with Gasteiger partial charge in [0.25, 0.3) is 15.9 Å². The van der Waals surface area contributed by atoms with Crippen molar-refractivity contribution in [3.8, 4) is 11.5 Å². The molecule has 0 atom stereocenters. The molecule has 0 unspecified atom stereocenters. The lowest BCUT2D eigenvalue weighted by molar-refractivity contribution is 0.0715. The highest BCUT2D eigenvalue weighted by atomic mass is 32.2. The molecule has 2 aromatic rings. The summed E-state index contributed by atoms with van der Waals surface area (Å²) < 4.78 is 40.1. The predicted octanol–water partition coefficient (Wildman–Crippen LogP) is 1.78. The second-order valence-corrected chi connectivity index (χ2v) is 7.49. The number of rotatable bonds is 6. The van der Waals surface area contributed by atoms with E-state index in [1.165, 1.54) is 32.5 Å². The van der Waals surface area contributed by atoms with Gasteiger partial charge in [0, 0.05) is 31.9 Å². The molecule has 0 radical (unpaired) electrons. The molecule has 0 saturated heterocycles. The lowest BCUT2D eigenvalue weighted by Crippen LogP contribution is -2.39. The Hall–Kier alpha value is -2.68. The number of nitrogens with zero attached hydrogens (tertiary/aromatic N) is 2. The van der Waals surface area contributed by atoms with Crippen molar-refractivity contribution in [3.05, 3.63) is 36.2 Å². The average Bonchev–Trinajstić information content (AvgIpc) is 3.08. The topological polar surface area (TPSA) is 89.9 Å². The number of amides is 1.